The van der Waals surface area contributed by atoms with Crippen molar-refractivity contribution in [1.82, 2.24) is 31.1 Å². The minimum absolute atomic E-state index is 0.0747. The molecule has 0 bridgehead atoms. The number of phenolic OH excluding ortho intramolecular Hbond substituents is 3. The molecule has 5 aromatic rings. The second kappa shape index (κ2) is 82.8. The lowest BCUT2D eigenvalue weighted by Gasteiger charge is -2.22. The molecule has 15 N–H and O–H groups in total. The number of rotatable bonds is 68. The lowest BCUT2D eigenvalue weighted by atomic mass is 10.1. The number of carboxylic acids is 1. The minimum atomic E-state index is -1.25. The third-order valence-corrected chi connectivity index (χ3v) is 17.2. The highest BCUT2D eigenvalue weighted by Gasteiger charge is 2.17. The number of ether oxygens (including phenoxy) is 13. The Hall–Kier alpha value is -9.57. The Kier molecular flexibility index (Phi) is 76.7. The highest BCUT2D eigenvalue weighted by molar-refractivity contribution is 6.61. The summed E-state index contributed by atoms with van der Waals surface area (Å²) in [5, 5.41) is 87.5. The van der Waals surface area contributed by atoms with Gasteiger partial charge in [-0.05, 0) is 182 Å². The molecule has 0 saturated carbocycles. The van der Waals surface area contributed by atoms with E-state index < -0.39 is 22.2 Å². The van der Waals surface area contributed by atoms with Crippen molar-refractivity contribution in [3.8, 4) is 28.7 Å². The van der Waals surface area contributed by atoms with Crippen molar-refractivity contribution in [2.75, 3.05) is 225 Å². The van der Waals surface area contributed by atoms with Crippen molar-refractivity contribution in [1.29, 1.82) is 0 Å². The molecule has 0 unspecified atom stereocenters. The molecule has 129 heavy (non-hydrogen) atoms. The number of hydrogen-bond acceptors (Lipinski definition) is 33. The van der Waals surface area contributed by atoms with Gasteiger partial charge in [-0.3, -0.25) is 38.9 Å². The zero-order chi connectivity index (χ0) is 95.6. The van der Waals surface area contributed by atoms with Gasteiger partial charge in [0.2, 0.25) is 17.7 Å². The van der Waals surface area contributed by atoms with E-state index in [4.69, 9.17) is 90.1 Å². The predicted molar refractivity (Wildman–Crippen MR) is 482 cm³/mol. The van der Waals surface area contributed by atoms with E-state index in [-0.39, 0.29) is 88.6 Å². The molecule has 0 heterocycles. The first kappa shape index (κ1) is 119. The van der Waals surface area contributed by atoms with E-state index in [9.17, 15) is 74.0 Å². The second-order valence-electron chi connectivity index (χ2n) is 27.6. The Bertz CT molecular complexity index is 3750. The molecular formula is C89H140ClN9O30. The van der Waals surface area contributed by atoms with Gasteiger partial charge in [0.15, 0.2) is 0 Å². The monoisotopic (exact) mass is 1850 g/mol. The largest absolute Gasteiger partial charge is 0.508 e. The number of nitrogens with one attached hydrogen (secondary N) is 4. The van der Waals surface area contributed by atoms with Crippen molar-refractivity contribution < 1.29 is 141 Å². The highest BCUT2D eigenvalue weighted by atomic mass is 35.5. The SMILES string of the molecule is CC(=O)N(CCCOCCOCCOCCCN)Cc1cc(CO)ccc1O.CCCC(=O)NCCCOCCOCCOCCCN(Cc1cc(CO)ccc1O)C(C)=O.CNCCCOCCOCCOCCCN.CNCCCOCCOCCOCCCNC(=O)c1cc(C=O)ccc1O.O=C(Cl)Oc1ccc([N+](=O)[O-])cc1.O=Cc1ccc(O)c(C(=O)O)c1. The van der Waals surface area contributed by atoms with Gasteiger partial charge in [0.25, 0.3) is 11.6 Å². The van der Waals surface area contributed by atoms with E-state index in [2.05, 4.69) is 26.0 Å². The fraction of sp³-hybridized carbons (Fsp3) is 0.573. The number of nitrogens with two attached hydrogens (primary N) is 2. The molecule has 0 radical (unpaired) electrons. The topological polar surface area (TPSA) is 548 Å². The van der Waals surface area contributed by atoms with Gasteiger partial charge < -0.3 is 140 Å². The van der Waals surface area contributed by atoms with Crippen LogP contribution in [0.3, 0.4) is 0 Å². The molecule has 0 fully saturated rings. The Morgan fingerprint density at radius 1 is 0.442 bits per heavy atom. The maximum atomic E-state index is 12.0. The molecule has 728 valence electrons. The molecule has 4 amide bonds. The van der Waals surface area contributed by atoms with Gasteiger partial charge in [-0.1, -0.05) is 19.1 Å². The van der Waals surface area contributed by atoms with Gasteiger partial charge in [0.1, 0.15) is 46.9 Å². The summed E-state index contributed by atoms with van der Waals surface area (Å²) >= 11 is 4.92. The van der Waals surface area contributed by atoms with Crippen molar-refractivity contribution in [2.45, 2.75) is 111 Å². The molecule has 5 aromatic carbocycles. The van der Waals surface area contributed by atoms with Crippen molar-refractivity contribution in [3.05, 3.63) is 152 Å². The molecular weight excluding hydrogens is 1710 g/mol. The van der Waals surface area contributed by atoms with Crippen LogP contribution in [0.1, 0.15) is 149 Å². The van der Waals surface area contributed by atoms with Gasteiger partial charge in [-0.25, -0.2) is 9.59 Å². The number of nitrogens with zero attached hydrogens (tertiary/aromatic N) is 3. The van der Waals surface area contributed by atoms with Crippen molar-refractivity contribution in [3.63, 3.8) is 0 Å². The summed E-state index contributed by atoms with van der Waals surface area (Å²) in [6.45, 7) is 24.3. The molecule has 39 nitrogen and oxygen atoms in total. The number of phenols is 4. The Morgan fingerprint density at radius 3 is 1.09 bits per heavy atom. The summed E-state index contributed by atoms with van der Waals surface area (Å²) in [7, 11) is 3.85. The molecule has 0 aliphatic heterocycles. The summed E-state index contributed by atoms with van der Waals surface area (Å²) in [4.78, 5) is 102. The number of benzene rings is 5. The van der Waals surface area contributed by atoms with E-state index in [0.717, 1.165) is 77.5 Å². The van der Waals surface area contributed by atoms with Crippen LogP contribution in [0, 0.1) is 10.1 Å². The van der Waals surface area contributed by atoms with Crippen LogP contribution >= 0.6 is 11.6 Å². The number of carboxylic acid groups (broad SMARTS) is 1. The van der Waals surface area contributed by atoms with Crippen LogP contribution in [0.5, 0.6) is 28.7 Å². The highest BCUT2D eigenvalue weighted by Crippen LogP contribution is 2.24. The second-order valence-corrected chi connectivity index (χ2v) is 27.9. The van der Waals surface area contributed by atoms with Crippen LogP contribution in [0.25, 0.3) is 0 Å². The molecule has 0 spiro atoms. The van der Waals surface area contributed by atoms with E-state index in [1.165, 1.54) is 80.6 Å². The zero-order valence-electron chi connectivity index (χ0n) is 75.3. The van der Waals surface area contributed by atoms with Crippen LogP contribution in [-0.4, -0.2) is 323 Å². The number of aromatic hydroxyl groups is 4. The third-order valence-electron chi connectivity index (χ3n) is 17.1. The summed E-state index contributed by atoms with van der Waals surface area (Å²) in [6.07, 6.45) is 9.12. The summed E-state index contributed by atoms with van der Waals surface area (Å²) in [6, 6.07) is 22.6. The van der Waals surface area contributed by atoms with E-state index in [1.807, 2.05) is 21.0 Å². The molecule has 0 aromatic heterocycles. The fourth-order valence-corrected chi connectivity index (χ4v) is 10.4. The number of aliphatic hydroxyl groups is 2. The van der Waals surface area contributed by atoms with Gasteiger partial charge in [-0.2, -0.15) is 0 Å². The molecule has 40 heteroatoms. The summed E-state index contributed by atoms with van der Waals surface area (Å²) in [5.41, 5.74) is 12.6. The average Bonchev–Trinajstić information content (AvgIpc) is 0.809. The molecule has 0 aliphatic rings. The number of aromatic carboxylic acids is 1. The van der Waals surface area contributed by atoms with Crippen LogP contribution in [0.15, 0.2) is 97.1 Å². The average molecular weight is 1850 g/mol. The maximum Gasteiger partial charge on any atom is 0.409 e. The van der Waals surface area contributed by atoms with Crippen LogP contribution in [0.2, 0.25) is 0 Å². The molecule has 0 atom stereocenters. The number of aliphatic hydroxyl groups excluding tert-OH is 2. The Morgan fingerprint density at radius 2 is 0.767 bits per heavy atom. The standard InChI is InChI=1S/C24H40N2O7.C20H34N2O6.C19H30N2O6.C11H26N2O3.C8H6O4.C7H4ClNO4/c1-3-6-24(30)25-9-4-11-31-13-15-33-16-14-32-12-5-10-26(20(2)28)18-22-17-21(19-27)7-8-23(22)29;1-17(24)22(15-19-14-18(16-23)4-5-20(19)25)7-3-9-27-11-13-28-12-10-26-8-2-6-21;1-20-6-2-8-25-10-12-27-13-11-26-9-3-7-21-19(24)17-14-16(15-22)4-5-18(17)23;1-13-5-3-7-15-9-11-16-10-8-14-6-2-4-12;9-4-5-1-2-7(10)6(3-5)8(11)12;8-7(10)13-6-3-1-5(2-4-6)9(11)12/h7-8,17,27,29H,3-6,9-16,18-19H2,1-2H3,(H,25,30);4-5,14,23,25H,2-3,6-13,15-16,21H2,1H3;4-5,14-15,20,23H,2-3,6-13H2,1H3,(H,21,24);13H,2-12H2,1H3;1-4,10H,(H,11,12);1-4H. The smallest absolute Gasteiger partial charge is 0.409 e. The first-order valence-electron chi connectivity index (χ1n) is 42.8. The van der Waals surface area contributed by atoms with Crippen LogP contribution in [-0.2, 0) is 97.5 Å². The first-order valence-corrected chi connectivity index (χ1v) is 43.2. The van der Waals surface area contributed by atoms with Crippen LogP contribution in [0.4, 0.5) is 10.5 Å². The van der Waals surface area contributed by atoms with E-state index in [1.54, 1.807) is 34.1 Å². The fourth-order valence-electron chi connectivity index (χ4n) is 10.3. The summed E-state index contributed by atoms with van der Waals surface area (Å²) in [5.74, 6) is -1.86. The Balaban J connectivity index is 0.00000158. The number of non-ortho nitro benzene ring substituents is 1. The lowest BCUT2D eigenvalue weighted by Crippen LogP contribution is -2.30. The number of hydrogen-bond donors (Lipinski definition) is 13. The summed E-state index contributed by atoms with van der Waals surface area (Å²) < 4.78 is 69.3. The molecule has 0 aliphatic carbocycles. The van der Waals surface area contributed by atoms with Gasteiger partial charge in [0, 0.05) is 158 Å². The molecule has 0 saturated heterocycles. The van der Waals surface area contributed by atoms with Gasteiger partial charge in [-0.15, -0.1) is 0 Å². The first-order chi connectivity index (χ1) is 62.4. The number of nitro groups is 1. The van der Waals surface area contributed by atoms with E-state index >= 15 is 0 Å². The van der Waals surface area contributed by atoms with Gasteiger partial charge in [0.05, 0.1) is 129 Å². The third kappa shape index (κ3) is 66.5. The molecule has 5 rings (SSSR count). The zero-order valence-corrected chi connectivity index (χ0v) is 76.1. The number of carbonyl (C=O) groups excluding carboxylic acids is 7. The predicted octanol–water partition coefficient (Wildman–Crippen LogP) is 7.21. The normalized spacial score (nSPS) is 10.6. The lowest BCUT2D eigenvalue weighted by molar-refractivity contribution is -0.384. The number of amides is 4. The van der Waals surface area contributed by atoms with Gasteiger partial charge >= 0.3 is 11.4 Å². The van der Waals surface area contributed by atoms with Crippen LogP contribution < -0.4 is 37.5 Å². The quantitative estimate of drug-likeness (QED) is 0.00600. The van der Waals surface area contributed by atoms with Crippen molar-refractivity contribution in [2.24, 2.45) is 11.5 Å². The van der Waals surface area contributed by atoms with E-state index in [0.29, 0.717) is 251 Å². The maximum absolute atomic E-state index is 12.0. The Labute approximate surface area is 761 Å². The number of nitro benzene ring substituents is 1. The number of carbonyl (C=O) groups is 8. The van der Waals surface area contributed by atoms with Crippen molar-refractivity contribution >= 4 is 64.9 Å². The minimum Gasteiger partial charge on any atom is -0.508 e. The number of halogens is 1. The number of aldehydes is 2.